The van der Waals surface area contributed by atoms with E-state index >= 15 is 0 Å². The van der Waals surface area contributed by atoms with Gasteiger partial charge in [-0.25, -0.2) is 9.97 Å². The Morgan fingerprint density at radius 3 is 1.63 bits per heavy atom. The summed E-state index contributed by atoms with van der Waals surface area (Å²) < 4.78 is 0. The van der Waals surface area contributed by atoms with E-state index in [0.717, 1.165) is 67.2 Å². The summed E-state index contributed by atoms with van der Waals surface area (Å²) in [7, 11) is 0. The molecule has 1 aliphatic carbocycles. The van der Waals surface area contributed by atoms with Crippen LogP contribution in [0.4, 0.5) is 0 Å². The number of rotatable bonds is 9. The molecule has 3 nitrogen and oxygen atoms in total. The summed E-state index contributed by atoms with van der Waals surface area (Å²) in [4.78, 5) is 15.7. The summed E-state index contributed by atoms with van der Waals surface area (Å²) in [5, 5.41) is 0. The quantitative estimate of drug-likeness (QED) is 0.145. The Morgan fingerprint density at radius 2 is 0.886 bits per heavy atom. The van der Waals surface area contributed by atoms with Crippen LogP contribution in [0.2, 0.25) is 0 Å². The predicted octanol–water partition coefficient (Wildman–Crippen LogP) is 16.8. The van der Waals surface area contributed by atoms with Gasteiger partial charge < -0.3 is 0 Å². The standard InChI is InChI=1S/C67H49N3/c1-44-19-17-25-52(39-44)63-42-64(58-31-14-13-29-56(58)48-20-7-4-8-21-48)70-66(69-63)53-37-38-62-59(41-53)57-30-15-16-32-61(57)67(62,54-26-11-6-12-27-54)55-28-18-24-51(40-55)47-33-35-50(36-34-47)65-45(2)60(43-68-46(65)3)49-22-9-5-10-23-49/h4-43H,1-3H3. The van der Waals surface area contributed by atoms with Gasteiger partial charge in [0.15, 0.2) is 5.82 Å². The lowest BCUT2D eigenvalue weighted by atomic mass is 9.67. The van der Waals surface area contributed by atoms with Gasteiger partial charge in [-0.05, 0) is 117 Å². The van der Waals surface area contributed by atoms with Gasteiger partial charge in [0, 0.05) is 39.7 Å². The van der Waals surface area contributed by atoms with E-state index in [0.29, 0.717) is 5.82 Å². The van der Waals surface area contributed by atoms with E-state index in [4.69, 9.17) is 15.0 Å². The maximum absolute atomic E-state index is 5.43. The summed E-state index contributed by atoms with van der Waals surface area (Å²) in [6.07, 6.45) is 2.01. The van der Waals surface area contributed by atoms with Crippen molar-refractivity contribution in [3.63, 3.8) is 0 Å². The first-order valence-electron chi connectivity index (χ1n) is 24.1. The van der Waals surface area contributed by atoms with E-state index in [1.165, 1.54) is 55.6 Å². The average molecular weight is 896 g/mol. The van der Waals surface area contributed by atoms with E-state index in [1.54, 1.807) is 0 Å². The second kappa shape index (κ2) is 17.7. The van der Waals surface area contributed by atoms with Crippen LogP contribution in [-0.4, -0.2) is 15.0 Å². The van der Waals surface area contributed by atoms with Crippen LogP contribution in [0, 0.1) is 20.8 Å². The largest absolute Gasteiger partial charge is 0.260 e. The minimum absolute atomic E-state index is 0.594. The number of nitrogens with zero attached hydrogens (tertiary/aromatic N) is 3. The van der Waals surface area contributed by atoms with Crippen LogP contribution in [0.5, 0.6) is 0 Å². The molecule has 0 fully saturated rings. The first-order chi connectivity index (χ1) is 34.4. The van der Waals surface area contributed by atoms with Crippen molar-refractivity contribution in [1.82, 2.24) is 15.0 Å². The molecular weight excluding hydrogens is 847 g/mol. The highest BCUT2D eigenvalue weighted by molar-refractivity contribution is 5.90. The van der Waals surface area contributed by atoms with Crippen LogP contribution >= 0.6 is 0 Å². The molecule has 0 bridgehead atoms. The number of hydrogen-bond acceptors (Lipinski definition) is 3. The molecule has 0 amide bonds. The molecule has 2 aromatic heterocycles. The van der Waals surface area contributed by atoms with Crippen molar-refractivity contribution in [2.24, 2.45) is 0 Å². The Kier molecular flexibility index (Phi) is 10.8. The summed E-state index contributed by atoms with van der Waals surface area (Å²) in [6, 6.07) is 85.5. The van der Waals surface area contributed by atoms with Gasteiger partial charge in [0.2, 0.25) is 0 Å². The number of hydrogen-bond donors (Lipinski definition) is 0. The third-order valence-electron chi connectivity index (χ3n) is 14.3. The SMILES string of the molecule is Cc1cccc(-c2cc(-c3ccccc3-c3ccccc3)nc(-c3ccc4c(c3)-c3ccccc3C4(c3ccccc3)c3cccc(-c4ccc(-c5c(C)ncc(-c6ccccc6)c5C)cc4)c3)n2)c1. The van der Waals surface area contributed by atoms with Gasteiger partial charge in [-0.3, -0.25) is 4.98 Å². The average Bonchev–Trinajstić information content (AvgIpc) is 3.72. The third kappa shape index (κ3) is 7.35. The van der Waals surface area contributed by atoms with Crippen LogP contribution in [0.3, 0.4) is 0 Å². The summed E-state index contributed by atoms with van der Waals surface area (Å²) in [5.74, 6) is 0.688. The van der Waals surface area contributed by atoms with Gasteiger partial charge in [-0.1, -0.05) is 218 Å². The molecule has 9 aromatic carbocycles. The van der Waals surface area contributed by atoms with Crippen molar-refractivity contribution in [3.8, 4) is 89.5 Å². The maximum atomic E-state index is 5.43. The Bertz CT molecular complexity index is 3730. The Hall–Kier alpha value is -8.79. The Labute approximate surface area is 410 Å². The van der Waals surface area contributed by atoms with Crippen LogP contribution in [-0.2, 0) is 5.41 Å². The number of aromatic nitrogens is 3. The van der Waals surface area contributed by atoms with E-state index in [9.17, 15) is 0 Å². The summed E-state index contributed by atoms with van der Waals surface area (Å²) in [6.45, 7) is 6.45. The number of pyridine rings is 1. The van der Waals surface area contributed by atoms with E-state index in [-0.39, 0.29) is 0 Å². The van der Waals surface area contributed by atoms with Crippen LogP contribution in [0.15, 0.2) is 243 Å². The fourth-order valence-electron chi connectivity index (χ4n) is 11.0. The van der Waals surface area contributed by atoms with Crippen molar-refractivity contribution < 1.29 is 0 Å². The fraction of sp³-hybridized carbons (Fsp3) is 0.0597. The first-order valence-corrected chi connectivity index (χ1v) is 24.1. The molecular formula is C67H49N3. The molecule has 0 saturated heterocycles. The monoisotopic (exact) mass is 895 g/mol. The van der Waals surface area contributed by atoms with E-state index in [1.807, 2.05) is 6.20 Å². The Morgan fingerprint density at radius 1 is 0.329 bits per heavy atom. The zero-order chi connectivity index (χ0) is 47.2. The lowest BCUT2D eigenvalue weighted by Gasteiger charge is -2.34. The molecule has 12 rings (SSSR count). The van der Waals surface area contributed by atoms with Gasteiger partial charge >= 0.3 is 0 Å². The molecule has 70 heavy (non-hydrogen) atoms. The zero-order valence-corrected chi connectivity index (χ0v) is 39.4. The molecule has 332 valence electrons. The highest BCUT2D eigenvalue weighted by Gasteiger charge is 2.46. The second-order valence-electron chi connectivity index (χ2n) is 18.4. The second-order valence-corrected chi connectivity index (χ2v) is 18.4. The predicted molar refractivity (Wildman–Crippen MR) is 289 cm³/mol. The fourth-order valence-corrected chi connectivity index (χ4v) is 11.0. The normalized spacial score (nSPS) is 13.7. The number of fused-ring (bicyclic) bond motifs is 3. The van der Waals surface area contributed by atoms with Gasteiger partial charge in [-0.15, -0.1) is 0 Å². The molecule has 1 unspecified atom stereocenters. The smallest absolute Gasteiger partial charge is 0.160 e. The van der Waals surface area contributed by atoms with Gasteiger partial charge in [0.1, 0.15) is 0 Å². The number of benzene rings is 9. The van der Waals surface area contributed by atoms with Crippen molar-refractivity contribution in [2.45, 2.75) is 26.2 Å². The molecule has 0 spiro atoms. The highest BCUT2D eigenvalue weighted by Crippen LogP contribution is 2.57. The summed E-state index contributed by atoms with van der Waals surface area (Å²) >= 11 is 0. The molecule has 0 N–H and O–H groups in total. The number of aryl methyl sites for hydroxylation is 2. The minimum atomic E-state index is -0.594. The lowest BCUT2D eigenvalue weighted by molar-refractivity contribution is 0.769. The van der Waals surface area contributed by atoms with E-state index < -0.39 is 5.41 Å². The topological polar surface area (TPSA) is 38.7 Å². The highest BCUT2D eigenvalue weighted by atomic mass is 14.9. The van der Waals surface area contributed by atoms with Crippen LogP contribution in [0.25, 0.3) is 89.5 Å². The molecule has 11 aromatic rings. The Balaban J connectivity index is 0.995. The van der Waals surface area contributed by atoms with Crippen molar-refractivity contribution in [2.75, 3.05) is 0 Å². The molecule has 3 heteroatoms. The van der Waals surface area contributed by atoms with Gasteiger partial charge in [0.25, 0.3) is 0 Å². The van der Waals surface area contributed by atoms with Crippen molar-refractivity contribution in [3.05, 3.63) is 282 Å². The molecule has 1 aliphatic rings. The zero-order valence-electron chi connectivity index (χ0n) is 39.4. The summed E-state index contributed by atoms with van der Waals surface area (Å²) in [5.41, 5.74) is 24.3. The molecule has 0 radical (unpaired) electrons. The lowest BCUT2D eigenvalue weighted by Crippen LogP contribution is -2.28. The van der Waals surface area contributed by atoms with Gasteiger partial charge in [-0.2, -0.15) is 0 Å². The minimum Gasteiger partial charge on any atom is -0.260 e. The van der Waals surface area contributed by atoms with Crippen molar-refractivity contribution in [1.29, 1.82) is 0 Å². The van der Waals surface area contributed by atoms with E-state index in [2.05, 4.69) is 257 Å². The van der Waals surface area contributed by atoms with Crippen LogP contribution < -0.4 is 0 Å². The van der Waals surface area contributed by atoms with Crippen molar-refractivity contribution >= 4 is 0 Å². The third-order valence-corrected chi connectivity index (χ3v) is 14.3. The molecule has 1 atom stereocenters. The van der Waals surface area contributed by atoms with Gasteiger partial charge in [0.05, 0.1) is 16.8 Å². The first kappa shape index (κ1) is 42.6. The van der Waals surface area contributed by atoms with Crippen LogP contribution in [0.1, 0.15) is 39.1 Å². The molecule has 2 heterocycles. The molecule has 0 aliphatic heterocycles. The maximum Gasteiger partial charge on any atom is 0.160 e. The molecule has 0 saturated carbocycles.